The highest BCUT2D eigenvalue weighted by atomic mass is 35.5. The lowest BCUT2D eigenvalue weighted by atomic mass is 10.2. The summed E-state index contributed by atoms with van der Waals surface area (Å²) in [6.07, 6.45) is 4.19. The minimum atomic E-state index is 0.519. The van der Waals surface area contributed by atoms with Crippen molar-refractivity contribution in [3.8, 4) is 5.69 Å². The van der Waals surface area contributed by atoms with Crippen molar-refractivity contribution in [3.63, 3.8) is 0 Å². The first-order chi connectivity index (χ1) is 9.24. The van der Waals surface area contributed by atoms with Gasteiger partial charge in [0.1, 0.15) is 6.29 Å². The van der Waals surface area contributed by atoms with Crippen LogP contribution < -0.4 is 0 Å². The van der Waals surface area contributed by atoms with Crippen molar-refractivity contribution >= 4 is 17.9 Å². The highest BCUT2D eigenvalue weighted by Gasteiger charge is 2.09. The number of hydrogen-bond acceptors (Lipinski definition) is 2. The van der Waals surface area contributed by atoms with E-state index in [9.17, 15) is 4.79 Å². The normalized spacial score (nSPS) is 10.6. The van der Waals surface area contributed by atoms with Crippen LogP contribution in [0.15, 0.2) is 30.3 Å². The molecule has 19 heavy (non-hydrogen) atoms. The topological polar surface area (TPSA) is 34.9 Å². The zero-order valence-electron chi connectivity index (χ0n) is 11.0. The fraction of sp³-hybridized carbons (Fsp3) is 0.333. The predicted molar refractivity (Wildman–Crippen MR) is 77.0 cm³/mol. The average molecular weight is 277 g/mol. The van der Waals surface area contributed by atoms with E-state index in [0.29, 0.717) is 17.9 Å². The van der Waals surface area contributed by atoms with Gasteiger partial charge in [-0.15, -0.1) is 0 Å². The number of benzene rings is 1. The van der Waals surface area contributed by atoms with Gasteiger partial charge in [0.05, 0.1) is 11.4 Å². The summed E-state index contributed by atoms with van der Waals surface area (Å²) in [6, 6.07) is 9.66. The van der Waals surface area contributed by atoms with Crippen LogP contribution in [-0.4, -0.2) is 16.1 Å². The molecule has 1 aromatic carbocycles. The minimum Gasteiger partial charge on any atom is -0.303 e. The molecule has 4 heteroatoms. The summed E-state index contributed by atoms with van der Waals surface area (Å²) in [4.78, 5) is 10.6. The van der Waals surface area contributed by atoms with Gasteiger partial charge in [-0.25, -0.2) is 4.68 Å². The second-order valence-electron chi connectivity index (χ2n) is 4.47. The smallest absolute Gasteiger partial charge is 0.120 e. The highest BCUT2D eigenvalue weighted by molar-refractivity contribution is 6.30. The van der Waals surface area contributed by atoms with Gasteiger partial charge in [0.25, 0.3) is 0 Å². The van der Waals surface area contributed by atoms with E-state index in [1.54, 1.807) is 0 Å². The molecule has 0 unspecified atom stereocenters. The molecule has 0 amide bonds. The van der Waals surface area contributed by atoms with Crippen LogP contribution in [-0.2, 0) is 17.6 Å². The quantitative estimate of drug-likeness (QED) is 0.756. The van der Waals surface area contributed by atoms with Crippen molar-refractivity contribution in [3.05, 3.63) is 46.7 Å². The summed E-state index contributed by atoms with van der Waals surface area (Å²) in [5.74, 6) is 0. The molecule has 0 fully saturated rings. The first-order valence-corrected chi connectivity index (χ1v) is 6.89. The largest absolute Gasteiger partial charge is 0.303 e. The third-order valence-corrected chi connectivity index (χ3v) is 3.18. The van der Waals surface area contributed by atoms with Gasteiger partial charge in [-0.2, -0.15) is 5.10 Å². The Morgan fingerprint density at radius 1 is 1.26 bits per heavy atom. The van der Waals surface area contributed by atoms with Crippen LogP contribution in [0, 0.1) is 0 Å². The third-order valence-electron chi connectivity index (χ3n) is 2.93. The molecule has 0 aliphatic carbocycles. The maximum atomic E-state index is 10.6. The summed E-state index contributed by atoms with van der Waals surface area (Å²) >= 11 is 5.90. The van der Waals surface area contributed by atoms with Crippen LogP contribution in [0.3, 0.4) is 0 Å². The van der Waals surface area contributed by atoms with E-state index < -0.39 is 0 Å². The SMILES string of the molecule is CCCc1cc(CCC=O)n(-c2ccc(Cl)cc2)n1. The number of aryl methyl sites for hydroxylation is 2. The summed E-state index contributed by atoms with van der Waals surface area (Å²) < 4.78 is 1.91. The van der Waals surface area contributed by atoms with Crippen LogP contribution in [0.2, 0.25) is 5.02 Å². The Kier molecular flexibility index (Phi) is 4.74. The molecular weight excluding hydrogens is 260 g/mol. The lowest BCUT2D eigenvalue weighted by Crippen LogP contribution is -2.02. The van der Waals surface area contributed by atoms with E-state index in [0.717, 1.165) is 36.2 Å². The average Bonchev–Trinajstić information content (AvgIpc) is 2.81. The van der Waals surface area contributed by atoms with Crippen molar-refractivity contribution in [1.29, 1.82) is 0 Å². The van der Waals surface area contributed by atoms with Gasteiger partial charge >= 0.3 is 0 Å². The van der Waals surface area contributed by atoms with Crippen molar-refractivity contribution in [2.24, 2.45) is 0 Å². The number of halogens is 1. The zero-order valence-corrected chi connectivity index (χ0v) is 11.7. The lowest BCUT2D eigenvalue weighted by Gasteiger charge is -2.06. The maximum Gasteiger partial charge on any atom is 0.120 e. The Morgan fingerprint density at radius 2 is 2.00 bits per heavy atom. The zero-order chi connectivity index (χ0) is 13.7. The Hall–Kier alpha value is -1.61. The number of carbonyl (C=O) groups excluding carboxylic acids is 1. The van der Waals surface area contributed by atoms with E-state index in [-0.39, 0.29) is 0 Å². The molecule has 2 aromatic rings. The molecule has 0 radical (unpaired) electrons. The molecule has 0 spiro atoms. The van der Waals surface area contributed by atoms with Crippen LogP contribution >= 0.6 is 11.6 Å². The number of hydrogen-bond donors (Lipinski definition) is 0. The van der Waals surface area contributed by atoms with Gasteiger partial charge in [-0.1, -0.05) is 24.9 Å². The molecule has 0 N–H and O–H groups in total. The van der Waals surface area contributed by atoms with Gasteiger partial charge in [0, 0.05) is 17.1 Å². The molecule has 1 heterocycles. The van der Waals surface area contributed by atoms with E-state index in [1.165, 1.54) is 0 Å². The molecule has 0 atom stereocenters. The van der Waals surface area contributed by atoms with Crippen LogP contribution in [0.5, 0.6) is 0 Å². The Balaban J connectivity index is 2.35. The minimum absolute atomic E-state index is 0.519. The number of nitrogens with zero attached hydrogens (tertiary/aromatic N) is 2. The first kappa shape index (κ1) is 13.8. The molecule has 1 aromatic heterocycles. The van der Waals surface area contributed by atoms with Gasteiger partial charge in [-0.05, 0) is 43.2 Å². The van der Waals surface area contributed by atoms with Crippen molar-refractivity contribution in [2.75, 3.05) is 0 Å². The number of rotatable bonds is 6. The first-order valence-electron chi connectivity index (χ1n) is 6.52. The van der Waals surface area contributed by atoms with E-state index in [4.69, 9.17) is 11.6 Å². The summed E-state index contributed by atoms with van der Waals surface area (Å²) in [5.41, 5.74) is 3.11. The predicted octanol–water partition coefficient (Wildman–Crippen LogP) is 3.61. The maximum absolute atomic E-state index is 10.6. The summed E-state index contributed by atoms with van der Waals surface area (Å²) in [7, 11) is 0. The van der Waals surface area contributed by atoms with E-state index >= 15 is 0 Å². The molecule has 100 valence electrons. The highest BCUT2D eigenvalue weighted by Crippen LogP contribution is 2.17. The number of carbonyl (C=O) groups is 1. The van der Waals surface area contributed by atoms with Crippen LogP contribution in [0.4, 0.5) is 0 Å². The fourth-order valence-corrected chi connectivity index (χ4v) is 2.17. The van der Waals surface area contributed by atoms with Gasteiger partial charge in [0.15, 0.2) is 0 Å². The molecule has 0 aliphatic rings. The van der Waals surface area contributed by atoms with E-state index in [2.05, 4.69) is 18.1 Å². The summed E-state index contributed by atoms with van der Waals surface area (Å²) in [6.45, 7) is 2.13. The molecular formula is C15H17ClN2O. The monoisotopic (exact) mass is 276 g/mol. The summed E-state index contributed by atoms with van der Waals surface area (Å²) in [5, 5.41) is 5.32. The second-order valence-corrected chi connectivity index (χ2v) is 4.91. The Bertz CT molecular complexity index is 546. The van der Waals surface area contributed by atoms with Crippen LogP contribution in [0.1, 0.15) is 31.2 Å². The molecule has 2 rings (SSSR count). The van der Waals surface area contributed by atoms with Crippen molar-refractivity contribution < 1.29 is 4.79 Å². The van der Waals surface area contributed by atoms with Crippen LogP contribution in [0.25, 0.3) is 5.69 Å². The van der Waals surface area contributed by atoms with Crippen molar-refractivity contribution in [2.45, 2.75) is 32.6 Å². The van der Waals surface area contributed by atoms with Gasteiger partial charge < -0.3 is 4.79 Å². The Labute approximate surface area is 118 Å². The number of aromatic nitrogens is 2. The third kappa shape index (κ3) is 3.44. The second kappa shape index (κ2) is 6.53. The Morgan fingerprint density at radius 3 is 2.63 bits per heavy atom. The molecule has 0 saturated carbocycles. The lowest BCUT2D eigenvalue weighted by molar-refractivity contribution is -0.107. The fourth-order valence-electron chi connectivity index (χ4n) is 2.04. The molecule has 0 bridgehead atoms. The van der Waals surface area contributed by atoms with Gasteiger partial charge in [0.2, 0.25) is 0 Å². The molecule has 0 aliphatic heterocycles. The van der Waals surface area contributed by atoms with E-state index in [1.807, 2.05) is 28.9 Å². The van der Waals surface area contributed by atoms with Crippen molar-refractivity contribution in [1.82, 2.24) is 9.78 Å². The molecule has 3 nitrogen and oxygen atoms in total. The number of aldehydes is 1. The van der Waals surface area contributed by atoms with Gasteiger partial charge in [-0.3, -0.25) is 0 Å². The molecule has 0 saturated heterocycles. The standard InChI is InChI=1S/C15H17ClN2O/c1-2-4-13-11-15(5-3-10-19)18(17-13)14-8-6-12(16)7-9-14/h6-11H,2-5H2,1H3.